The molecule has 0 spiro atoms. The average Bonchev–Trinajstić information content (AvgIpc) is 3.54. The third kappa shape index (κ3) is 4.56. The molecule has 5 rings (SSSR count). The van der Waals surface area contributed by atoms with Crippen molar-refractivity contribution in [3.8, 4) is 0 Å². The second-order valence-electron chi connectivity index (χ2n) is 8.35. The van der Waals surface area contributed by atoms with Crippen LogP contribution in [0.1, 0.15) is 38.7 Å². The summed E-state index contributed by atoms with van der Waals surface area (Å²) >= 11 is 1.76. The highest BCUT2D eigenvalue weighted by Gasteiger charge is 2.24. The van der Waals surface area contributed by atoms with Crippen LogP contribution in [0, 0.1) is 0 Å². The Morgan fingerprint density at radius 2 is 1.74 bits per heavy atom. The summed E-state index contributed by atoms with van der Waals surface area (Å²) in [6.45, 7) is 6.45. The number of amides is 1. The summed E-state index contributed by atoms with van der Waals surface area (Å²) in [6.07, 6.45) is 3.79. The van der Waals surface area contributed by atoms with Crippen LogP contribution in [0.25, 0.3) is 10.2 Å². The number of thiazole rings is 1. The Balaban J connectivity index is 1.12. The molecule has 2 aliphatic heterocycles. The molecule has 0 atom stereocenters. The number of nitrogens with one attached hydrogen (secondary N) is 1. The lowest BCUT2D eigenvalue weighted by molar-refractivity contribution is 0.0787. The zero-order chi connectivity index (χ0) is 21.2. The Kier molecular flexibility index (Phi) is 5.85. The molecule has 2 aliphatic rings. The van der Waals surface area contributed by atoms with Crippen molar-refractivity contribution in [1.29, 1.82) is 0 Å². The molecule has 4 heterocycles. The number of likely N-dealkylation sites (tertiary alicyclic amines) is 1. The van der Waals surface area contributed by atoms with Crippen molar-refractivity contribution < 1.29 is 9.59 Å². The number of nitrogens with zero attached hydrogens (tertiary/aromatic N) is 4. The molecule has 2 aromatic heterocycles. The van der Waals surface area contributed by atoms with E-state index >= 15 is 0 Å². The smallest absolute Gasteiger partial charge is 0.270 e. The van der Waals surface area contributed by atoms with Gasteiger partial charge in [-0.3, -0.25) is 19.4 Å². The van der Waals surface area contributed by atoms with Gasteiger partial charge >= 0.3 is 0 Å². The first-order chi connectivity index (χ1) is 15.2. The number of benzene rings is 1. The topological polar surface area (TPSA) is 72.5 Å². The van der Waals surface area contributed by atoms with E-state index in [4.69, 9.17) is 4.98 Å². The standard InChI is InChI=1S/C23H27N5O2S/c29-20(17-13-19(24-14-17)23(30)28-7-3-4-8-28)15-26-9-11-27(12-10-26)16-22-25-18-5-1-2-6-21(18)31-22/h1-2,5-6,13-14,24H,3-4,7-12,15-16H2. The van der Waals surface area contributed by atoms with Crippen molar-refractivity contribution in [3.63, 3.8) is 0 Å². The summed E-state index contributed by atoms with van der Waals surface area (Å²) in [6, 6.07) is 9.97. The summed E-state index contributed by atoms with van der Waals surface area (Å²) in [5.41, 5.74) is 2.19. The Morgan fingerprint density at radius 1 is 1.00 bits per heavy atom. The average molecular weight is 438 g/mol. The van der Waals surface area contributed by atoms with E-state index < -0.39 is 0 Å². The number of hydrogen-bond acceptors (Lipinski definition) is 6. The van der Waals surface area contributed by atoms with Crippen molar-refractivity contribution in [2.75, 3.05) is 45.8 Å². The molecule has 1 aromatic carbocycles. The number of Topliss-reactive ketones (excluding diaryl/α,β-unsaturated/α-hetero) is 1. The number of ketones is 1. The summed E-state index contributed by atoms with van der Waals surface area (Å²) < 4.78 is 1.23. The molecule has 7 nitrogen and oxygen atoms in total. The number of aromatic nitrogens is 2. The largest absolute Gasteiger partial charge is 0.356 e. The fourth-order valence-corrected chi connectivity index (χ4v) is 5.36. The lowest BCUT2D eigenvalue weighted by Gasteiger charge is -2.33. The number of fused-ring (bicyclic) bond motifs is 1. The van der Waals surface area contributed by atoms with E-state index in [-0.39, 0.29) is 11.7 Å². The van der Waals surface area contributed by atoms with Crippen molar-refractivity contribution in [2.24, 2.45) is 0 Å². The molecule has 0 radical (unpaired) electrons. The van der Waals surface area contributed by atoms with Gasteiger partial charge in [-0.25, -0.2) is 4.98 Å². The predicted molar refractivity (Wildman–Crippen MR) is 122 cm³/mol. The predicted octanol–water partition coefficient (Wildman–Crippen LogP) is 2.86. The number of carbonyl (C=O) groups excluding carboxylic acids is 2. The minimum absolute atomic E-state index is 0.0000109. The van der Waals surface area contributed by atoms with Crippen LogP contribution in [0.5, 0.6) is 0 Å². The van der Waals surface area contributed by atoms with E-state index in [2.05, 4.69) is 33.0 Å². The second kappa shape index (κ2) is 8.90. The zero-order valence-electron chi connectivity index (χ0n) is 17.5. The fraction of sp³-hybridized carbons (Fsp3) is 0.435. The highest BCUT2D eigenvalue weighted by molar-refractivity contribution is 7.18. The molecular formula is C23H27N5O2S. The van der Waals surface area contributed by atoms with Gasteiger partial charge in [-0.15, -0.1) is 11.3 Å². The summed E-state index contributed by atoms with van der Waals surface area (Å²) in [7, 11) is 0. The third-order valence-electron chi connectivity index (χ3n) is 6.16. The normalized spacial score (nSPS) is 18.1. The number of aromatic amines is 1. The minimum atomic E-state index is 0.0000109. The molecule has 2 saturated heterocycles. The maximum atomic E-state index is 12.7. The molecule has 0 saturated carbocycles. The van der Waals surface area contributed by atoms with Crippen molar-refractivity contribution >= 4 is 33.2 Å². The van der Waals surface area contributed by atoms with Crippen LogP contribution in [0.15, 0.2) is 36.5 Å². The molecule has 162 valence electrons. The van der Waals surface area contributed by atoms with Gasteiger partial charge in [0.1, 0.15) is 10.7 Å². The number of carbonyl (C=O) groups is 2. The summed E-state index contributed by atoms with van der Waals surface area (Å²) in [4.78, 5) is 39.4. The molecule has 3 aromatic rings. The molecular weight excluding hydrogens is 410 g/mol. The maximum Gasteiger partial charge on any atom is 0.270 e. The number of hydrogen-bond donors (Lipinski definition) is 1. The summed E-state index contributed by atoms with van der Waals surface area (Å²) in [5.74, 6) is 0.0661. The van der Waals surface area contributed by atoms with Gasteiger partial charge in [0.15, 0.2) is 5.78 Å². The van der Waals surface area contributed by atoms with Crippen LogP contribution in [0.4, 0.5) is 0 Å². The van der Waals surface area contributed by atoms with E-state index in [0.29, 0.717) is 17.8 Å². The van der Waals surface area contributed by atoms with E-state index in [1.807, 2.05) is 11.0 Å². The first kappa shape index (κ1) is 20.4. The van der Waals surface area contributed by atoms with Gasteiger partial charge in [0.05, 0.1) is 23.3 Å². The number of piperazine rings is 1. The molecule has 0 bridgehead atoms. The molecule has 2 fully saturated rings. The monoisotopic (exact) mass is 437 g/mol. The van der Waals surface area contributed by atoms with Gasteiger partial charge in [0.2, 0.25) is 0 Å². The Bertz CT molecular complexity index is 1040. The van der Waals surface area contributed by atoms with E-state index in [9.17, 15) is 9.59 Å². The third-order valence-corrected chi connectivity index (χ3v) is 7.18. The minimum Gasteiger partial charge on any atom is -0.356 e. The molecule has 0 aliphatic carbocycles. The van der Waals surface area contributed by atoms with E-state index in [0.717, 1.165) is 69.2 Å². The van der Waals surface area contributed by atoms with Crippen LogP contribution >= 0.6 is 11.3 Å². The second-order valence-corrected chi connectivity index (χ2v) is 9.47. The van der Waals surface area contributed by atoms with Gasteiger partial charge in [-0.1, -0.05) is 12.1 Å². The lowest BCUT2D eigenvalue weighted by atomic mass is 10.2. The van der Waals surface area contributed by atoms with Crippen LogP contribution in [-0.4, -0.2) is 82.2 Å². The zero-order valence-corrected chi connectivity index (χ0v) is 18.4. The van der Waals surface area contributed by atoms with Crippen LogP contribution in [0.3, 0.4) is 0 Å². The van der Waals surface area contributed by atoms with Crippen LogP contribution < -0.4 is 0 Å². The maximum absolute atomic E-state index is 12.7. The van der Waals surface area contributed by atoms with Crippen molar-refractivity contribution in [1.82, 2.24) is 24.7 Å². The molecule has 0 unspecified atom stereocenters. The molecule has 8 heteroatoms. The molecule has 1 N–H and O–H groups in total. The highest BCUT2D eigenvalue weighted by Crippen LogP contribution is 2.23. The number of para-hydroxylation sites is 1. The SMILES string of the molecule is O=C(CN1CCN(Cc2nc3ccccc3s2)CC1)c1c[nH]c(C(=O)N2CCCC2)c1. The fourth-order valence-electron chi connectivity index (χ4n) is 4.35. The lowest BCUT2D eigenvalue weighted by Crippen LogP contribution is -2.47. The number of rotatable bonds is 6. The van der Waals surface area contributed by atoms with Gasteiger partial charge < -0.3 is 9.88 Å². The number of H-pyrrole nitrogens is 1. The van der Waals surface area contributed by atoms with Gasteiger partial charge in [-0.05, 0) is 31.0 Å². The van der Waals surface area contributed by atoms with Crippen molar-refractivity contribution in [2.45, 2.75) is 19.4 Å². The van der Waals surface area contributed by atoms with Crippen LogP contribution in [0.2, 0.25) is 0 Å². The van der Waals surface area contributed by atoms with Crippen LogP contribution in [-0.2, 0) is 6.54 Å². The van der Waals surface area contributed by atoms with E-state index in [1.165, 1.54) is 4.70 Å². The van der Waals surface area contributed by atoms with Gasteiger partial charge in [0, 0.05) is 51.0 Å². The van der Waals surface area contributed by atoms with Gasteiger partial charge in [-0.2, -0.15) is 0 Å². The van der Waals surface area contributed by atoms with E-state index in [1.54, 1.807) is 23.6 Å². The Morgan fingerprint density at radius 3 is 2.52 bits per heavy atom. The first-order valence-corrected chi connectivity index (χ1v) is 11.8. The van der Waals surface area contributed by atoms with Crippen molar-refractivity contribution in [3.05, 3.63) is 52.8 Å². The Labute approximate surface area is 185 Å². The molecule has 31 heavy (non-hydrogen) atoms. The highest BCUT2D eigenvalue weighted by atomic mass is 32.1. The Hall–Kier alpha value is -2.55. The molecule has 1 amide bonds. The first-order valence-electron chi connectivity index (χ1n) is 11.0. The quantitative estimate of drug-likeness (QED) is 0.601. The summed E-state index contributed by atoms with van der Waals surface area (Å²) in [5, 5.41) is 1.15. The van der Waals surface area contributed by atoms with Gasteiger partial charge in [0.25, 0.3) is 5.91 Å².